The molecule has 1 rings (SSSR count). The van der Waals surface area contributed by atoms with Crippen molar-refractivity contribution in [2.75, 3.05) is 27.7 Å². The van der Waals surface area contributed by atoms with Crippen LogP contribution in [0.5, 0.6) is 5.75 Å². The fourth-order valence-corrected chi connectivity index (χ4v) is 1.82. The summed E-state index contributed by atoms with van der Waals surface area (Å²) in [6.45, 7) is 1.07. The quantitative estimate of drug-likeness (QED) is 0.792. The number of hydrogen-bond acceptors (Lipinski definition) is 2. The summed E-state index contributed by atoms with van der Waals surface area (Å²) >= 11 is 2.37. The van der Waals surface area contributed by atoms with Crippen molar-refractivity contribution in [3.8, 4) is 5.75 Å². The molecule has 14 heavy (non-hydrogen) atoms. The van der Waals surface area contributed by atoms with Crippen molar-refractivity contribution in [3.63, 3.8) is 0 Å². The van der Waals surface area contributed by atoms with E-state index in [-0.39, 0.29) is 0 Å². The highest BCUT2D eigenvalue weighted by Gasteiger charge is 2.02. The van der Waals surface area contributed by atoms with Gasteiger partial charge >= 0.3 is 0 Å². The van der Waals surface area contributed by atoms with E-state index in [1.807, 2.05) is 6.07 Å². The second-order valence-corrected chi connectivity index (χ2v) is 4.67. The molecular weight excluding hydrogens is 289 g/mol. The molecule has 0 aliphatic rings. The zero-order valence-electron chi connectivity index (χ0n) is 8.88. The molecule has 0 aliphatic carbocycles. The summed E-state index contributed by atoms with van der Waals surface area (Å²) in [4.78, 5) is 2.19. The van der Waals surface area contributed by atoms with Gasteiger partial charge in [-0.3, -0.25) is 0 Å². The summed E-state index contributed by atoms with van der Waals surface area (Å²) in [6.07, 6.45) is 1.07. The van der Waals surface area contributed by atoms with Gasteiger partial charge < -0.3 is 9.64 Å². The Hall–Kier alpha value is -0.290. The fraction of sp³-hybridized carbons (Fsp3) is 0.455. The summed E-state index contributed by atoms with van der Waals surface area (Å²) in [5.74, 6) is 0.944. The van der Waals surface area contributed by atoms with Gasteiger partial charge in [-0.1, -0.05) is 0 Å². The summed E-state index contributed by atoms with van der Waals surface area (Å²) in [7, 11) is 5.89. The van der Waals surface area contributed by atoms with Gasteiger partial charge in [0.25, 0.3) is 0 Å². The standard InChI is InChI=1S/C11H16INO/c1-13(2)7-6-9-8-10(14-3)4-5-11(9)12/h4-5,8H,6-7H2,1-3H3. The second-order valence-electron chi connectivity index (χ2n) is 3.51. The number of benzene rings is 1. The predicted molar refractivity (Wildman–Crippen MR) is 68.0 cm³/mol. The zero-order valence-corrected chi connectivity index (χ0v) is 11.0. The Kier molecular flexibility index (Phi) is 4.68. The van der Waals surface area contributed by atoms with Crippen molar-refractivity contribution in [1.82, 2.24) is 4.90 Å². The van der Waals surface area contributed by atoms with E-state index in [0.717, 1.165) is 18.7 Å². The number of hydrogen-bond donors (Lipinski definition) is 0. The lowest BCUT2D eigenvalue weighted by molar-refractivity contribution is 0.407. The van der Waals surface area contributed by atoms with Crippen molar-refractivity contribution < 1.29 is 4.74 Å². The molecular formula is C11H16INO. The minimum Gasteiger partial charge on any atom is -0.497 e. The molecule has 78 valence electrons. The lowest BCUT2D eigenvalue weighted by Gasteiger charge is -2.11. The Morgan fingerprint density at radius 3 is 2.64 bits per heavy atom. The van der Waals surface area contributed by atoms with E-state index in [4.69, 9.17) is 4.74 Å². The fourth-order valence-electron chi connectivity index (χ4n) is 1.21. The topological polar surface area (TPSA) is 12.5 Å². The highest BCUT2D eigenvalue weighted by atomic mass is 127. The SMILES string of the molecule is COc1ccc(I)c(CCN(C)C)c1. The number of nitrogens with zero attached hydrogens (tertiary/aromatic N) is 1. The smallest absolute Gasteiger partial charge is 0.119 e. The third kappa shape index (κ3) is 3.46. The van der Waals surface area contributed by atoms with Crippen molar-refractivity contribution >= 4 is 22.6 Å². The highest BCUT2D eigenvalue weighted by molar-refractivity contribution is 14.1. The van der Waals surface area contributed by atoms with Crippen LogP contribution in [-0.4, -0.2) is 32.6 Å². The van der Waals surface area contributed by atoms with Gasteiger partial charge in [-0.05, 0) is 66.9 Å². The van der Waals surface area contributed by atoms with Crippen LogP contribution in [-0.2, 0) is 6.42 Å². The van der Waals surface area contributed by atoms with Crippen LogP contribution in [0.15, 0.2) is 18.2 Å². The van der Waals surface area contributed by atoms with Gasteiger partial charge in [-0.15, -0.1) is 0 Å². The first kappa shape index (κ1) is 11.8. The van der Waals surface area contributed by atoms with Crippen molar-refractivity contribution in [3.05, 3.63) is 27.3 Å². The van der Waals surface area contributed by atoms with Crippen LogP contribution in [0.25, 0.3) is 0 Å². The normalized spacial score (nSPS) is 10.6. The molecule has 0 aliphatic heterocycles. The van der Waals surface area contributed by atoms with Gasteiger partial charge in [-0.25, -0.2) is 0 Å². The maximum absolute atomic E-state index is 5.20. The van der Waals surface area contributed by atoms with Crippen LogP contribution in [0.4, 0.5) is 0 Å². The molecule has 0 aromatic heterocycles. The molecule has 0 heterocycles. The largest absolute Gasteiger partial charge is 0.497 e. The van der Waals surface area contributed by atoms with Crippen molar-refractivity contribution in [1.29, 1.82) is 0 Å². The van der Waals surface area contributed by atoms with E-state index in [2.05, 4.69) is 53.7 Å². The predicted octanol–water partition coefficient (Wildman–Crippen LogP) is 2.40. The molecule has 2 nitrogen and oxygen atoms in total. The number of ether oxygens (including phenoxy) is 1. The molecule has 1 aromatic carbocycles. The first-order chi connectivity index (χ1) is 6.63. The van der Waals surface area contributed by atoms with E-state index in [1.165, 1.54) is 9.13 Å². The lowest BCUT2D eigenvalue weighted by Crippen LogP contribution is -2.15. The molecule has 0 saturated carbocycles. The minimum atomic E-state index is 0.944. The van der Waals surface area contributed by atoms with Gasteiger partial charge in [0, 0.05) is 10.1 Å². The van der Waals surface area contributed by atoms with Crippen LogP contribution in [0.2, 0.25) is 0 Å². The molecule has 0 atom stereocenters. The van der Waals surface area contributed by atoms with Crippen LogP contribution >= 0.6 is 22.6 Å². The molecule has 0 amide bonds. The van der Waals surface area contributed by atoms with Gasteiger partial charge in [0.05, 0.1) is 7.11 Å². The maximum Gasteiger partial charge on any atom is 0.119 e. The molecule has 0 N–H and O–H groups in total. The minimum absolute atomic E-state index is 0.944. The number of rotatable bonds is 4. The third-order valence-electron chi connectivity index (χ3n) is 2.08. The summed E-state index contributed by atoms with van der Waals surface area (Å²) in [6, 6.07) is 6.22. The van der Waals surface area contributed by atoms with E-state index in [1.54, 1.807) is 7.11 Å². The van der Waals surface area contributed by atoms with Crippen LogP contribution in [0.1, 0.15) is 5.56 Å². The Bertz CT molecular complexity index is 299. The van der Waals surface area contributed by atoms with Gasteiger partial charge in [0.1, 0.15) is 5.75 Å². The van der Waals surface area contributed by atoms with Gasteiger partial charge in [0.15, 0.2) is 0 Å². The Labute approximate surface area is 99.4 Å². The average molecular weight is 305 g/mol. The lowest BCUT2D eigenvalue weighted by atomic mass is 10.1. The molecule has 3 heteroatoms. The zero-order chi connectivity index (χ0) is 10.6. The van der Waals surface area contributed by atoms with E-state index in [9.17, 15) is 0 Å². The Morgan fingerprint density at radius 2 is 2.07 bits per heavy atom. The summed E-state index contributed by atoms with van der Waals surface area (Å²) in [5, 5.41) is 0. The third-order valence-corrected chi connectivity index (χ3v) is 3.13. The van der Waals surface area contributed by atoms with Gasteiger partial charge in [-0.2, -0.15) is 0 Å². The van der Waals surface area contributed by atoms with E-state index < -0.39 is 0 Å². The first-order valence-corrected chi connectivity index (χ1v) is 5.68. The molecule has 0 bridgehead atoms. The molecule has 0 radical (unpaired) electrons. The molecule has 0 unspecified atom stereocenters. The maximum atomic E-state index is 5.20. The van der Waals surface area contributed by atoms with Gasteiger partial charge in [0.2, 0.25) is 0 Å². The number of halogens is 1. The van der Waals surface area contributed by atoms with E-state index in [0.29, 0.717) is 0 Å². The highest BCUT2D eigenvalue weighted by Crippen LogP contribution is 2.19. The van der Waals surface area contributed by atoms with E-state index >= 15 is 0 Å². The van der Waals surface area contributed by atoms with Crippen LogP contribution < -0.4 is 4.74 Å². The molecule has 1 aromatic rings. The summed E-state index contributed by atoms with van der Waals surface area (Å²) in [5.41, 5.74) is 1.36. The number of likely N-dealkylation sites (N-methyl/N-ethyl adjacent to an activating group) is 1. The summed E-state index contributed by atoms with van der Waals surface area (Å²) < 4.78 is 6.51. The van der Waals surface area contributed by atoms with Crippen LogP contribution in [0, 0.1) is 3.57 Å². The van der Waals surface area contributed by atoms with Crippen molar-refractivity contribution in [2.24, 2.45) is 0 Å². The van der Waals surface area contributed by atoms with Crippen LogP contribution in [0.3, 0.4) is 0 Å². The monoisotopic (exact) mass is 305 g/mol. The Morgan fingerprint density at radius 1 is 1.36 bits per heavy atom. The number of methoxy groups -OCH3 is 1. The average Bonchev–Trinajstić information content (AvgIpc) is 2.16. The first-order valence-electron chi connectivity index (χ1n) is 4.60. The molecule has 0 saturated heterocycles. The molecule has 0 fully saturated rings. The second kappa shape index (κ2) is 5.56. The van der Waals surface area contributed by atoms with Crippen molar-refractivity contribution in [2.45, 2.75) is 6.42 Å². The Balaban J connectivity index is 2.73. The molecule has 0 spiro atoms.